The van der Waals surface area contributed by atoms with Crippen molar-refractivity contribution in [3.05, 3.63) is 144 Å². The highest BCUT2D eigenvalue weighted by molar-refractivity contribution is 6.18. The van der Waals surface area contributed by atoms with Crippen molar-refractivity contribution in [2.75, 3.05) is 12.5 Å². The number of piperidine rings is 1. The number of nitrogens with zero attached hydrogens (tertiary/aromatic N) is 1. The van der Waals surface area contributed by atoms with Crippen molar-refractivity contribution in [1.29, 1.82) is 0 Å². The van der Waals surface area contributed by atoms with E-state index in [0.717, 1.165) is 22.3 Å². The Kier molecular flexibility index (Phi) is 11.0. The quantitative estimate of drug-likeness (QED) is 0.193. The van der Waals surface area contributed by atoms with Gasteiger partial charge < -0.3 is 19.3 Å². The largest absolute Gasteiger partial charge is 0.389 e. The van der Waals surface area contributed by atoms with E-state index in [1.165, 1.54) is 0 Å². The third kappa shape index (κ3) is 8.04. The highest BCUT2D eigenvalue weighted by Crippen LogP contribution is 2.32. The Morgan fingerprint density at radius 2 is 1.00 bits per heavy atom. The molecule has 4 aromatic rings. The van der Waals surface area contributed by atoms with Gasteiger partial charge in [-0.05, 0) is 22.3 Å². The lowest BCUT2D eigenvalue weighted by molar-refractivity contribution is -0.214. The summed E-state index contributed by atoms with van der Waals surface area (Å²) in [4.78, 5) is 2.25. The van der Waals surface area contributed by atoms with Crippen molar-refractivity contribution < 1.29 is 19.3 Å². The Hall–Kier alpha value is -3.03. The second kappa shape index (κ2) is 15.3. The highest BCUT2D eigenvalue weighted by Gasteiger charge is 2.50. The maximum Gasteiger partial charge on any atom is 0.113 e. The van der Waals surface area contributed by atoms with Gasteiger partial charge in [-0.1, -0.05) is 121 Å². The molecule has 214 valence electrons. The van der Waals surface area contributed by atoms with Crippen molar-refractivity contribution in [3.8, 4) is 0 Å². The van der Waals surface area contributed by atoms with Crippen LogP contribution in [0.1, 0.15) is 22.3 Å². The molecule has 1 N–H and O–H groups in total. The van der Waals surface area contributed by atoms with E-state index in [0.29, 0.717) is 33.0 Å². The molecule has 5 atom stereocenters. The number of halogens is 1. The number of hydrogen-bond acceptors (Lipinski definition) is 5. The molecule has 41 heavy (non-hydrogen) atoms. The van der Waals surface area contributed by atoms with E-state index in [2.05, 4.69) is 29.2 Å². The topological polar surface area (TPSA) is 51.2 Å². The van der Waals surface area contributed by atoms with E-state index in [4.69, 9.17) is 25.8 Å². The molecule has 0 aliphatic carbocycles. The van der Waals surface area contributed by atoms with E-state index in [9.17, 15) is 5.11 Å². The average Bonchev–Trinajstić information content (AvgIpc) is 3.03. The monoisotopic (exact) mass is 571 g/mol. The van der Waals surface area contributed by atoms with Crippen LogP contribution in [0.4, 0.5) is 0 Å². The van der Waals surface area contributed by atoms with Crippen LogP contribution in [0, 0.1) is 0 Å². The van der Waals surface area contributed by atoms with E-state index >= 15 is 0 Å². The van der Waals surface area contributed by atoms with Crippen molar-refractivity contribution in [3.63, 3.8) is 0 Å². The minimum Gasteiger partial charge on any atom is -0.389 e. The molecule has 0 bridgehead atoms. The first kappa shape index (κ1) is 29.5. The third-order valence-corrected chi connectivity index (χ3v) is 7.94. The van der Waals surface area contributed by atoms with Crippen LogP contribution >= 0.6 is 11.6 Å². The first-order valence-electron chi connectivity index (χ1n) is 14.2. The van der Waals surface area contributed by atoms with E-state index in [1.54, 1.807) is 0 Å². The molecular weight excluding hydrogens is 534 g/mol. The summed E-state index contributed by atoms with van der Waals surface area (Å²) in [6.45, 7) is 2.23. The molecule has 4 aromatic carbocycles. The van der Waals surface area contributed by atoms with Gasteiger partial charge in [-0.25, -0.2) is 0 Å². The Balaban J connectivity index is 1.44. The molecule has 6 heteroatoms. The number of hydrogen-bond donors (Lipinski definition) is 1. The summed E-state index contributed by atoms with van der Waals surface area (Å²) < 4.78 is 19.5. The molecule has 5 nitrogen and oxygen atoms in total. The minimum atomic E-state index is -0.855. The summed E-state index contributed by atoms with van der Waals surface area (Å²) in [6, 6.07) is 39.9. The van der Waals surface area contributed by atoms with Crippen LogP contribution < -0.4 is 0 Å². The fraction of sp³-hybridized carbons (Fsp3) is 0.314. The van der Waals surface area contributed by atoms with Gasteiger partial charge >= 0.3 is 0 Å². The molecule has 1 aliphatic rings. The molecule has 1 fully saturated rings. The average molecular weight is 572 g/mol. The number of ether oxygens (including phenoxy) is 3. The van der Waals surface area contributed by atoms with Gasteiger partial charge in [0.1, 0.15) is 12.2 Å². The molecule has 0 radical (unpaired) electrons. The summed E-state index contributed by atoms with van der Waals surface area (Å²) in [5.74, 6) is 0.250. The fourth-order valence-corrected chi connectivity index (χ4v) is 5.83. The SMILES string of the molecule is O[C@@H]1[C@@H](OCc2ccccc2)[C@H](OCc2ccccc2)[C@@H](COCc2ccccc2)N(Cc2ccccc2)[C@@H]1CCl. The molecule has 5 rings (SSSR count). The fourth-order valence-electron chi connectivity index (χ4n) is 5.47. The second-order valence-electron chi connectivity index (χ2n) is 10.5. The third-order valence-electron chi connectivity index (χ3n) is 7.62. The number of aliphatic hydroxyl groups excluding tert-OH is 1. The number of alkyl halides is 1. The second-order valence-corrected chi connectivity index (χ2v) is 10.8. The first-order valence-corrected chi connectivity index (χ1v) is 14.7. The zero-order valence-electron chi connectivity index (χ0n) is 23.2. The van der Waals surface area contributed by atoms with E-state index in [1.807, 2.05) is 97.1 Å². The zero-order valence-corrected chi connectivity index (χ0v) is 23.9. The summed E-state index contributed by atoms with van der Waals surface area (Å²) in [5, 5.41) is 11.8. The van der Waals surface area contributed by atoms with Crippen LogP contribution in [-0.2, 0) is 40.6 Å². The van der Waals surface area contributed by atoms with Crippen LogP contribution in [0.2, 0.25) is 0 Å². The lowest BCUT2D eigenvalue weighted by atomic mass is 9.87. The van der Waals surface area contributed by atoms with Crippen LogP contribution in [-0.4, -0.2) is 52.9 Å². The number of benzene rings is 4. The van der Waals surface area contributed by atoms with Crippen molar-refractivity contribution in [2.45, 2.75) is 56.8 Å². The summed E-state index contributed by atoms with van der Waals surface area (Å²) in [7, 11) is 0. The molecule has 0 spiro atoms. The molecule has 0 saturated carbocycles. The zero-order chi connectivity index (χ0) is 28.3. The molecule has 0 aromatic heterocycles. The molecule has 0 unspecified atom stereocenters. The van der Waals surface area contributed by atoms with Gasteiger partial charge in [0.2, 0.25) is 0 Å². The van der Waals surface area contributed by atoms with Gasteiger partial charge in [0.15, 0.2) is 0 Å². The van der Waals surface area contributed by atoms with Crippen molar-refractivity contribution >= 4 is 11.6 Å². The molecule has 0 amide bonds. The standard InChI is InChI=1S/C35H38ClNO4/c36-21-31-33(38)35(41-25-30-19-11-4-12-20-30)34(40-24-29-17-9-3-10-18-29)32(26-39-23-28-15-7-2-8-16-28)37(31)22-27-13-5-1-6-14-27/h1-20,31-35,38H,21-26H2/t31-,32-,33+,34-,35-/m1/s1. The molecule has 1 heterocycles. The van der Waals surface area contributed by atoms with Gasteiger partial charge in [0.05, 0.1) is 44.6 Å². The highest BCUT2D eigenvalue weighted by atomic mass is 35.5. The summed E-state index contributed by atoms with van der Waals surface area (Å²) in [5.41, 5.74) is 4.33. The summed E-state index contributed by atoms with van der Waals surface area (Å²) >= 11 is 6.60. The minimum absolute atomic E-state index is 0.212. The molecule has 1 saturated heterocycles. The lowest BCUT2D eigenvalue weighted by Gasteiger charge is -2.51. The predicted octanol–water partition coefficient (Wildman–Crippen LogP) is 6.23. The predicted molar refractivity (Wildman–Crippen MR) is 162 cm³/mol. The molecule has 1 aliphatic heterocycles. The van der Waals surface area contributed by atoms with Crippen LogP contribution in [0.5, 0.6) is 0 Å². The Morgan fingerprint density at radius 3 is 1.49 bits per heavy atom. The van der Waals surface area contributed by atoms with Gasteiger partial charge in [-0.15, -0.1) is 11.6 Å². The summed E-state index contributed by atoms with van der Waals surface area (Å²) in [6.07, 6.45) is -1.92. The lowest BCUT2D eigenvalue weighted by Crippen LogP contribution is -2.68. The number of rotatable bonds is 13. The maximum absolute atomic E-state index is 11.8. The van der Waals surface area contributed by atoms with Gasteiger partial charge in [-0.2, -0.15) is 0 Å². The van der Waals surface area contributed by atoms with Gasteiger partial charge in [0, 0.05) is 12.4 Å². The molecular formula is C35H38ClNO4. The Labute approximate surface area is 248 Å². The Morgan fingerprint density at radius 1 is 0.561 bits per heavy atom. The van der Waals surface area contributed by atoms with Crippen LogP contribution in [0.25, 0.3) is 0 Å². The smallest absolute Gasteiger partial charge is 0.113 e. The normalized spacial score (nSPS) is 22.9. The first-order chi connectivity index (χ1) is 20.2. The van der Waals surface area contributed by atoms with Crippen molar-refractivity contribution in [2.24, 2.45) is 0 Å². The Bertz CT molecular complexity index is 1280. The van der Waals surface area contributed by atoms with E-state index in [-0.39, 0.29) is 18.0 Å². The van der Waals surface area contributed by atoms with Gasteiger partial charge in [0.25, 0.3) is 0 Å². The van der Waals surface area contributed by atoms with E-state index < -0.39 is 18.3 Å². The number of likely N-dealkylation sites (tertiary alicyclic amines) is 1. The van der Waals surface area contributed by atoms with Crippen LogP contribution in [0.3, 0.4) is 0 Å². The van der Waals surface area contributed by atoms with Crippen molar-refractivity contribution in [1.82, 2.24) is 4.90 Å². The number of aliphatic hydroxyl groups is 1. The van der Waals surface area contributed by atoms with Crippen LogP contribution in [0.15, 0.2) is 121 Å². The van der Waals surface area contributed by atoms with Gasteiger partial charge in [-0.3, -0.25) is 4.90 Å². The maximum atomic E-state index is 11.8.